The summed E-state index contributed by atoms with van der Waals surface area (Å²) < 4.78 is 25.9. The lowest BCUT2D eigenvalue weighted by Gasteiger charge is -2.37. The van der Waals surface area contributed by atoms with Crippen molar-refractivity contribution in [1.29, 1.82) is 0 Å². The van der Waals surface area contributed by atoms with Crippen molar-refractivity contribution in [3.63, 3.8) is 0 Å². The quantitative estimate of drug-likeness (QED) is 0.618. The van der Waals surface area contributed by atoms with Gasteiger partial charge in [0.25, 0.3) is 0 Å². The first-order valence-corrected chi connectivity index (χ1v) is 8.46. The highest BCUT2D eigenvalue weighted by Crippen LogP contribution is 2.51. The maximum Gasteiger partial charge on any atom is 0.232 e. The van der Waals surface area contributed by atoms with Crippen molar-refractivity contribution < 1.29 is 13.2 Å². The Balaban J connectivity index is 2.30. The number of rotatable bonds is 2. The highest BCUT2D eigenvalue weighted by atomic mass is 32.2. The second kappa shape index (κ2) is 4.19. The molecule has 1 aromatic rings. The first-order valence-electron chi connectivity index (χ1n) is 6.61. The summed E-state index contributed by atoms with van der Waals surface area (Å²) in [5.41, 5.74) is 1.87. The van der Waals surface area contributed by atoms with Crippen LogP contribution in [0.15, 0.2) is 35.9 Å². The summed E-state index contributed by atoms with van der Waals surface area (Å²) in [4.78, 5) is 11.9. The van der Waals surface area contributed by atoms with E-state index in [1.165, 1.54) is 10.6 Å². The van der Waals surface area contributed by atoms with E-state index in [9.17, 15) is 13.2 Å². The zero-order valence-corrected chi connectivity index (χ0v) is 12.4. The van der Waals surface area contributed by atoms with Crippen LogP contribution in [0.3, 0.4) is 0 Å². The SMILES string of the molecule is CC1=CCC2(C=O)c3ccccc3N(S(C)(=O)=O)C2C1. The third-order valence-electron chi connectivity index (χ3n) is 4.39. The summed E-state index contributed by atoms with van der Waals surface area (Å²) >= 11 is 0. The molecule has 5 heteroatoms. The third-order valence-corrected chi connectivity index (χ3v) is 5.56. The number of nitrogens with zero attached hydrogens (tertiary/aromatic N) is 1. The van der Waals surface area contributed by atoms with Gasteiger partial charge in [-0.15, -0.1) is 0 Å². The Morgan fingerprint density at radius 1 is 1.35 bits per heavy atom. The molecule has 2 atom stereocenters. The normalized spacial score (nSPS) is 28.6. The number of carbonyl (C=O) groups excluding carboxylic acids is 1. The molecule has 0 fully saturated rings. The fourth-order valence-electron chi connectivity index (χ4n) is 3.46. The maximum absolute atomic E-state index is 12.2. The summed E-state index contributed by atoms with van der Waals surface area (Å²) in [6.45, 7) is 1.98. The molecule has 0 amide bonds. The van der Waals surface area contributed by atoms with Crippen LogP contribution in [0.1, 0.15) is 25.3 Å². The van der Waals surface area contributed by atoms with Gasteiger partial charge in [-0.05, 0) is 31.4 Å². The van der Waals surface area contributed by atoms with Crippen LogP contribution in [0, 0.1) is 0 Å². The van der Waals surface area contributed by atoms with Gasteiger partial charge in [0, 0.05) is 0 Å². The standard InChI is InChI=1S/C15H17NO3S/c1-11-7-8-15(10-17)12-5-3-4-6-13(12)16(14(15)9-11)20(2,18)19/h3-7,10,14H,8-9H2,1-2H3. The largest absolute Gasteiger partial charge is 0.302 e. The van der Waals surface area contributed by atoms with Crippen LogP contribution in [0.5, 0.6) is 0 Å². The van der Waals surface area contributed by atoms with E-state index in [4.69, 9.17) is 0 Å². The van der Waals surface area contributed by atoms with E-state index >= 15 is 0 Å². The molecule has 1 aliphatic carbocycles. The summed E-state index contributed by atoms with van der Waals surface area (Å²) in [5, 5.41) is 0. The first kappa shape index (κ1) is 13.4. The number of aldehydes is 1. The minimum Gasteiger partial charge on any atom is -0.302 e. The van der Waals surface area contributed by atoms with Crippen molar-refractivity contribution in [3.05, 3.63) is 41.5 Å². The molecule has 1 aromatic carbocycles. The number of benzene rings is 1. The smallest absolute Gasteiger partial charge is 0.232 e. The highest BCUT2D eigenvalue weighted by molar-refractivity contribution is 7.92. The first-order chi connectivity index (χ1) is 9.40. The van der Waals surface area contributed by atoms with Gasteiger partial charge in [-0.3, -0.25) is 4.31 Å². The summed E-state index contributed by atoms with van der Waals surface area (Å²) in [6.07, 6.45) is 5.35. The van der Waals surface area contributed by atoms with Gasteiger partial charge in [0.2, 0.25) is 10.0 Å². The predicted molar refractivity (Wildman–Crippen MR) is 78.3 cm³/mol. The van der Waals surface area contributed by atoms with E-state index in [-0.39, 0.29) is 6.04 Å². The van der Waals surface area contributed by atoms with Crippen molar-refractivity contribution in [3.8, 4) is 0 Å². The van der Waals surface area contributed by atoms with E-state index in [2.05, 4.69) is 0 Å². The van der Waals surface area contributed by atoms with Crippen LogP contribution in [0.25, 0.3) is 0 Å². The van der Waals surface area contributed by atoms with Gasteiger partial charge in [0.1, 0.15) is 6.29 Å². The van der Waals surface area contributed by atoms with Crippen molar-refractivity contribution in [2.45, 2.75) is 31.2 Å². The van der Waals surface area contributed by atoms with Crippen LogP contribution in [-0.2, 0) is 20.2 Å². The molecule has 0 saturated heterocycles. The molecule has 2 unspecified atom stereocenters. The fourth-order valence-corrected chi connectivity index (χ4v) is 4.70. The van der Waals surface area contributed by atoms with Crippen molar-refractivity contribution in [2.24, 2.45) is 0 Å². The molecule has 106 valence electrons. The van der Waals surface area contributed by atoms with E-state index in [0.29, 0.717) is 18.5 Å². The average Bonchev–Trinajstić information content (AvgIpc) is 2.68. The van der Waals surface area contributed by atoms with E-state index in [1.54, 1.807) is 6.07 Å². The zero-order chi connectivity index (χ0) is 14.5. The lowest BCUT2D eigenvalue weighted by Crippen LogP contribution is -2.49. The molecule has 2 aliphatic rings. The minimum atomic E-state index is -3.41. The summed E-state index contributed by atoms with van der Waals surface area (Å²) in [6, 6.07) is 6.99. The van der Waals surface area contributed by atoms with E-state index in [1.807, 2.05) is 31.2 Å². The molecule has 1 heterocycles. The highest BCUT2D eigenvalue weighted by Gasteiger charge is 2.54. The molecule has 0 spiro atoms. The number of hydrogen-bond donors (Lipinski definition) is 0. The fraction of sp³-hybridized carbons (Fsp3) is 0.400. The second-order valence-electron chi connectivity index (χ2n) is 5.71. The number of anilines is 1. The van der Waals surface area contributed by atoms with Crippen LogP contribution in [0.4, 0.5) is 5.69 Å². The maximum atomic E-state index is 12.2. The molecule has 20 heavy (non-hydrogen) atoms. The molecule has 0 saturated carbocycles. The summed E-state index contributed by atoms with van der Waals surface area (Å²) in [5.74, 6) is 0. The number of hydrogen-bond acceptors (Lipinski definition) is 3. The van der Waals surface area contributed by atoms with Crippen molar-refractivity contribution in [2.75, 3.05) is 10.6 Å². The molecule has 1 aliphatic heterocycles. The molecule has 4 nitrogen and oxygen atoms in total. The third kappa shape index (κ3) is 1.66. The van der Waals surface area contributed by atoms with Gasteiger partial charge in [-0.25, -0.2) is 8.42 Å². The molecular formula is C15H17NO3S. The lowest BCUT2D eigenvalue weighted by atomic mass is 9.70. The van der Waals surface area contributed by atoms with Gasteiger partial charge in [0.05, 0.1) is 23.4 Å². The van der Waals surface area contributed by atoms with Gasteiger partial charge in [-0.2, -0.15) is 0 Å². The van der Waals surface area contributed by atoms with Crippen LogP contribution >= 0.6 is 0 Å². The van der Waals surface area contributed by atoms with Crippen LogP contribution < -0.4 is 4.31 Å². The molecule has 0 bridgehead atoms. The Labute approximate surface area is 119 Å². The van der Waals surface area contributed by atoms with E-state index < -0.39 is 15.4 Å². The number of fused-ring (bicyclic) bond motifs is 3. The van der Waals surface area contributed by atoms with Gasteiger partial charge in [0.15, 0.2) is 0 Å². The van der Waals surface area contributed by atoms with E-state index in [0.717, 1.165) is 17.4 Å². The Morgan fingerprint density at radius 2 is 2.05 bits per heavy atom. The molecule has 0 N–H and O–H groups in total. The van der Waals surface area contributed by atoms with Crippen molar-refractivity contribution >= 4 is 22.0 Å². The number of para-hydroxylation sites is 1. The minimum absolute atomic E-state index is 0.336. The van der Waals surface area contributed by atoms with Gasteiger partial charge >= 0.3 is 0 Å². The van der Waals surface area contributed by atoms with Crippen LogP contribution in [-0.4, -0.2) is 27.0 Å². The molecule has 0 radical (unpaired) electrons. The monoisotopic (exact) mass is 291 g/mol. The number of carbonyl (C=O) groups is 1. The molecule has 3 rings (SSSR count). The second-order valence-corrected chi connectivity index (χ2v) is 7.57. The Hall–Kier alpha value is -1.62. The predicted octanol–water partition coefficient (Wildman–Crippen LogP) is 2.01. The number of allylic oxidation sites excluding steroid dienone is 1. The van der Waals surface area contributed by atoms with Crippen molar-refractivity contribution in [1.82, 2.24) is 0 Å². The lowest BCUT2D eigenvalue weighted by molar-refractivity contribution is -0.113. The average molecular weight is 291 g/mol. The van der Waals surface area contributed by atoms with Gasteiger partial charge < -0.3 is 4.79 Å². The Morgan fingerprint density at radius 3 is 2.70 bits per heavy atom. The van der Waals surface area contributed by atoms with Crippen LogP contribution in [0.2, 0.25) is 0 Å². The Bertz CT molecular complexity index is 708. The molecular weight excluding hydrogens is 274 g/mol. The number of sulfonamides is 1. The topological polar surface area (TPSA) is 54.5 Å². The zero-order valence-electron chi connectivity index (χ0n) is 11.5. The van der Waals surface area contributed by atoms with Gasteiger partial charge in [-0.1, -0.05) is 29.8 Å². The molecule has 0 aromatic heterocycles. The summed E-state index contributed by atoms with van der Waals surface area (Å²) in [7, 11) is -3.41. The Kier molecular flexibility index (Phi) is 2.80.